The molecule has 4 rings (SSSR count). The molecule has 4 aromatic rings. The van der Waals surface area contributed by atoms with E-state index in [4.69, 9.17) is 0 Å². The molecule has 4 nitrogen and oxygen atoms in total. The van der Waals surface area contributed by atoms with Crippen LogP contribution in [0.3, 0.4) is 0 Å². The molecule has 0 unspecified atom stereocenters. The lowest BCUT2D eigenvalue weighted by Crippen LogP contribution is -2.14. The van der Waals surface area contributed by atoms with E-state index in [0.717, 1.165) is 38.8 Å². The molecule has 25 heavy (non-hydrogen) atoms. The Bertz CT molecular complexity index is 1090. The minimum Gasteiger partial charge on any atom is -0.350 e. The van der Waals surface area contributed by atoms with Crippen molar-refractivity contribution in [3.05, 3.63) is 72.1 Å². The number of anilines is 1. The van der Waals surface area contributed by atoms with E-state index < -0.39 is 0 Å². The number of carbonyl (C=O) groups excluding carboxylic acids is 1. The Hall–Kier alpha value is -3.14. The third kappa shape index (κ3) is 2.87. The van der Waals surface area contributed by atoms with Gasteiger partial charge >= 0.3 is 0 Å². The average molecular weight is 329 g/mol. The first-order valence-corrected chi connectivity index (χ1v) is 8.31. The van der Waals surface area contributed by atoms with Crippen LogP contribution in [0.2, 0.25) is 0 Å². The highest BCUT2D eigenvalue weighted by atomic mass is 16.1. The fraction of sp³-hybridized carbons (Fsp3) is 0.143. The number of aryl methyl sites for hydroxylation is 2. The molecule has 1 N–H and O–H groups in total. The molecule has 0 atom stereocenters. The molecule has 2 aromatic heterocycles. The zero-order valence-electron chi connectivity index (χ0n) is 14.3. The van der Waals surface area contributed by atoms with Gasteiger partial charge in [-0.25, -0.2) is 0 Å². The number of benzene rings is 2. The third-order valence-electron chi connectivity index (χ3n) is 4.48. The minimum absolute atomic E-state index is 0.0237. The number of amides is 1. The first-order valence-electron chi connectivity index (χ1n) is 8.31. The molecule has 0 aliphatic rings. The van der Waals surface area contributed by atoms with Crippen molar-refractivity contribution in [1.29, 1.82) is 0 Å². The number of nitrogens with one attached hydrogen (secondary N) is 1. The molecular weight excluding hydrogens is 310 g/mol. The van der Waals surface area contributed by atoms with Crippen molar-refractivity contribution in [3.8, 4) is 0 Å². The van der Waals surface area contributed by atoms with Gasteiger partial charge in [-0.05, 0) is 42.8 Å². The summed E-state index contributed by atoms with van der Waals surface area (Å²) in [6.07, 6.45) is 2.37. The van der Waals surface area contributed by atoms with Crippen molar-refractivity contribution >= 4 is 33.4 Å². The number of hydrogen-bond acceptors (Lipinski definition) is 2. The van der Waals surface area contributed by atoms with Crippen LogP contribution in [0.15, 0.2) is 60.8 Å². The smallest absolute Gasteiger partial charge is 0.228 e. The van der Waals surface area contributed by atoms with Gasteiger partial charge in [0.15, 0.2) is 0 Å². The topological polar surface area (TPSA) is 46.9 Å². The van der Waals surface area contributed by atoms with Crippen molar-refractivity contribution < 1.29 is 4.79 Å². The SMILES string of the molecule is Cc1ccc2c(NC(=O)Cc3cn(C)c4ccccc34)cccc2n1. The molecule has 0 spiro atoms. The number of para-hydroxylation sites is 1. The van der Waals surface area contributed by atoms with E-state index in [1.54, 1.807) is 0 Å². The van der Waals surface area contributed by atoms with E-state index in [2.05, 4.69) is 27.0 Å². The predicted molar refractivity (Wildman–Crippen MR) is 102 cm³/mol. The van der Waals surface area contributed by atoms with Crippen molar-refractivity contribution in [3.63, 3.8) is 0 Å². The summed E-state index contributed by atoms with van der Waals surface area (Å²) >= 11 is 0. The maximum Gasteiger partial charge on any atom is 0.228 e. The number of fused-ring (bicyclic) bond motifs is 2. The van der Waals surface area contributed by atoms with Gasteiger partial charge < -0.3 is 9.88 Å². The Balaban J connectivity index is 1.62. The first kappa shape index (κ1) is 15.4. The van der Waals surface area contributed by atoms with Crippen LogP contribution < -0.4 is 5.32 Å². The van der Waals surface area contributed by atoms with E-state index in [9.17, 15) is 4.79 Å². The lowest BCUT2D eigenvalue weighted by molar-refractivity contribution is -0.115. The number of rotatable bonds is 3. The van der Waals surface area contributed by atoms with Gasteiger partial charge in [0.05, 0.1) is 17.6 Å². The lowest BCUT2D eigenvalue weighted by atomic mass is 10.1. The average Bonchev–Trinajstić information content (AvgIpc) is 2.91. The second kappa shape index (κ2) is 6.06. The first-order chi connectivity index (χ1) is 12.1. The molecule has 0 saturated heterocycles. The minimum atomic E-state index is -0.0237. The summed E-state index contributed by atoms with van der Waals surface area (Å²) in [5, 5.41) is 5.12. The van der Waals surface area contributed by atoms with Gasteiger partial charge in [0, 0.05) is 35.2 Å². The van der Waals surface area contributed by atoms with Gasteiger partial charge in [-0.3, -0.25) is 9.78 Å². The highest BCUT2D eigenvalue weighted by Crippen LogP contribution is 2.24. The van der Waals surface area contributed by atoms with Crippen LogP contribution in [0.4, 0.5) is 5.69 Å². The highest BCUT2D eigenvalue weighted by Gasteiger charge is 2.12. The van der Waals surface area contributed by atoms with Crippen molar-refractivity contribution in [2.75, 3.05) is 5.32 Å². The molecule has 0 radical (unpaired) electrons. The highest BCUT2D eigenvalue weighted by molar-refractivity contribution is 6.02. The second-order valence-corrected chi connectivity index (χ2v) is 6.33. The fourth-order valence-electron chi connectivity index (χ4n) is 3.30. The van der Waals surface area contributed by atoms with Crippen molar-refractivity contribution in [2.24, 2.45) is 7.05 Å². The van der Waals surface area contributed by atoms with Crippen LogP contribution in [-0.4, -0.2) is 15.5 Å². The summed E-state index contributed by atoms with van der Waals surface area (Å²) < 4.78 is 2.06. The van der Waals surface area contributed by atoms with E-state index >= 15 is 0 Å². The van der Waals surface area contributed by atoms with Crippen LogP contribution in [0.1, 0.15) is 11.3 Å². The summed E-state index contributed by atoms with van der Waals surface area (Å²) in [5.74, 6) is -0.0237. The Labute approximate surface area is 146 Å². The van der Waals surface area contributed by atoms with Crippen molar-refractivity contribution in [2.45, 2.75) is 13.3 Å². The molecule has 0 saturated carbocycles. The van der Waals surface area contributed by atoms with Gasteiger partial charge in [-0.2, -0.15) is 0 Å². The summed E-state index contributed by atoms with van der Waals surface area (Å²) in [6.45, 7) is 1.96. The van der Waals surface area contributed by atoms with Gasteiger partial charge in [-0.1, -0.05) is 24.3 Å². The van der Waals surface area contributed by atoms with Crippen molar-refractivity contribution in [1.82, 2.24) is 9.55 Å². The third-order valence-corrected chi connectivity index (χ3v) is 4.48. The standard InChI is InChI=1S/C21H19N3O/c1-14-10-11-17-18(22-14)7-5-8-19(17)23-21(25)12-15-13-24(2)20-9-4-3-6-16(15)20/h3-11,13H,12H2,1-2H3,(H,23,25). The number of aromatic nitrogens is 2. The maximum atomic E-state index is 12.6. The number of carbonyl (C=O) groups is 1. The lowest BCUT2D eigenvalue weighted by Gasteiger charge is -2.08. The normalized spacial score (nSPS) is 11.1. The zero-order valence-corrected chi connectivity index (χ0v) is 14.3. The molecule has 1 amide bonds. The van der Waals surface area contributed by atoms with Crippen LogP contribution in [0, 0.1) is 6.92 Å². The molecule has 0 aliphatic heterocycles. The fourth-order valence-corrected chi connectivity index (χ4v) is 3.30. The molecule has 0 fully saturated rings. The van der Waals surface area contributed by atoms with E-state index in [0.29, 0.717) is 6.42 Å². The molecule has 2 heterocycles. The number of pyridine rings is 1. The van der Waals surface area contributed by atoms with Gasteiger partial charge in [0.2, 0.25) is 5.91 Å². The summed E-state index contributed by atoms with van der Waals surface area (Å²) in [4.78, 5) is 17.1. The molecule has 4 heteroatoms. The van der Waals surface area contributed by atoms with Gasteiger partial charge in [0.25, 0.3) is 0 Å². The summed E-state index contributed by atoms with van der Waals surface area (Å²) in [6, 6.07) is 17.9. The molecular formula is C21H19N3O. The quantitative estimate of drug-likeness (QED) is 0.612. The molecule has 2 aromatic carbocycles. The maximum absolute atomic E-state index is 12.6. The Morgan fingerprint density at radius 3 is 2.76 bits per heavy atom. The predicted octanol–water partition coefficient (Wildman–Crippen LogP) is 4.22. The molecule has 124 valence electrons. The Kier molecular flexibility index (Phi) is 3.73. The Morgan fingerprint density at radius 2 is 1.88 bits per heavy atom. The number of nitrogens with zero attached hydrogens (tertiary/aromatic N) is 2. The summed E-state index contributed by atoms with van der Waals surface area (Å²) in [7, 11) is 2.00. The van der Waals surface area contributed by atoms with E-state index in [-0.39, 0.29) is 5.91 Å². The summed E-state index contributed by atoms with van der Waals surface area (Å²) in [5.41, 5.74) is 4.82. The van der Waals surface area contributed by atoms with Crippen LogP contribution in [0.5, 0.6) is 0 Å². The van der Waals surface area contributed by atoms with Crippen LogP contribution in [0.25, 0.3) is 21.8 Å². The number of hydrogen-bond donors (Lipinski definition) is 1. The van der Waals surface area contributed by atoms with Crippen LogP contribution >= 0.6 is 0 Å². The zero-order chi connectivity index (χ0) is 17.4. The largest absolute Gasteiger partial charge is 0.350 e. The second-order valence-electron chi connectivity index (χ2n) is 6.33. The van der Waals surface area contributed by atoms with Crippen LogP contribution in [-0.2, 0) is 18.3 Å². The van der Waals surface area contributed by atoms with Gasteiger partial charge in [0.1, 0.15) is 0 Å². The monoisotopic (exact) mass is 329 g/mol. The molecule has 0 aliphatic carbocycles. The van der Waals surface area contributed by atoms with E-state index in [1.807, 2.05) is 62.6 Å². The van der Waals surface area contributed by atoms with Gasteiger partial charge in [-0.15, -0.1) is 0 Å². The molecule has 0 bridgehead atoms. The van der Waals surface area contributed by atoms with E-state index in [1.165, 1.54) is 0 Å². The Morgan fingerprint density at radius 1 is 1.04 bits per heavy atom.